The molecular formula is C44H34N2O4. The number of benzene rings is 8. The molecule has 0 saturated carbocycles. The largest absolute Gasteiger partial charge is 0.507 e. The summed E-state index contributed by atoms with van der Waals surface area (Å²) in [6.45, 7) is 2.99. The summed E-state index contributed by atoms with van der Waals surface area (Å²) in [5.74, 6) is 0.210. The van der Waals surface area contributed by atoms with Crippen LogP contribution >= 0.6 is 0 Å². The quantitative estimate of drug-likeness (QED) is 0.152. The molecule has 0 atom stereocenters. The van der Waals surface area contributed by atoms with E-state index in [1.165, 1.54) is 13.8 Å². The number of fused-ring (bicyclic) bond motifs is 4. The molecule has 0 heterocycles. The van der Waals surface area contributed by atoms with E-state index in [4.69, 9.17) is 0 Å². The summed E-state index contributed by atoms with van der Waals surface area (Å²) in [5.41, 5.74) is 4.84. The van der Waals surface area contributed by atoms with Crippen molar-refractivity contribution in [2.24, 2.45) is 0 Å². The van der Waals surface area contributed by atoms with Gasteiger partial charge in [-0.15, -0.1) is 0 Å². The molecule has 6 nitrogen and oxygen atoms in total. The summed E-state index contributed by atoms with van der Waals surface area (Å²) in [4.78, 5) is 23.2. The highest BCUT2D eigenvalue weighted by Gasteiger charge is 2.16. The van der Waals surface area contributed by atoms with Crippen molar-refractivity contribution in [3.05, 3.63) is 146 Å². The smallest absolute Gasteiger partial charge is 0.221 e. The monoisotopic (exact) mass is 654 g/mol. The Hall–Kier alpha value is -6.66. The van der Waals surface area contributed by atoms with E-state index in [1.54, 1.807) is 12.1 Å². The molecule has 8 rings (SSSR count). The summed E-state index contributed by atoms with van der Waals surface area (Å²) in [6.07, 6.45) is 0. The van der Waals surface area contributed by atoms with Crippen LogP contribution in [-0.2, 0) is 9.59 Å². The zero-order chi connectivity index (χ0) is 34.8. The van der Waals surface area contributed by atoms with Gasteiger partial charge in [0.1, 0.15) is 11.5 Å². The first-order chi connectivity index (χ1) is 24.3. The molecule has 4 N–H and O–H groups in total. The molecule has 0 saturated heterocycles. The van der Waals surface area contributed by atoms with Gasteiger partial charge in [0.2, 0.25) is 11.8 Å². The second-order valence-electron chi connectivity index (χ2n) is 12.1. The third-order valence-corrected chi connectivity index (χ3v) is 8.78. The molecule has 8 aromatic carbocycles. The molecule has 0 aliphatic heterocycles. The van der Waals surface area contributed by atoms with Crippen LogP contribution in [0.1, 0.15) is 13.8 Å². The summed E-state index contributed by atoms with van der Waals surface area (Å²) >= 11 is 0. The standard InChI is InChI=1S/2C22H17NO2/c2*1-14(24)23-19-11-5-8-16-7-4-10-18(21(16)19)22-17-9-3-2-6-15(17)12-13-20(22)25/h2*2-13,25H,1H3,(H,23,24). The fourth-order valence-corrected chi connectivity index (χ4v) is 6.77. The number of anilines is 2. The Morgan fingerprint density at radius 1 is 0.420 bits per heavy atom. The topological polar surface area (TPSA) is 98.7 Å². The first-order valence-electron chi connectivity index (χ1n) is 16.3. The van der Waals surface area contributed by atoms with Crippen molar-refractivity contribution in [3.8, 4) is 33.8 Å². The molecule has 244 valence electrons. The van der Waals surface area contributed by atoms with E-state index in [1.807, 2.05) is 133 Å². The maximum absolute atomic E-state index is 11.6. The highest BCUT2D eigenvalue weighted by molar-refractivity contribution is 6.15. The number of rotatable bonds is 4. The highest BCUT2D eigenvalue weighted by Crippen LogP contribution is 2.43. The lowest BCUT2D eigenvalue weighted by Gasteiger charge is -2.15. The summed E-state index contributed by atoms with van der Waals surface area (Å²) in [6, 6.07) is 46.7. The summed E-state index contributed by atoms with van der Waals surface area (Å²) in [5, 5.41) is 35.0. The number of hydrogen-bond acceptors (Lipinski definition) is 4. The minimum absolute atomic E-state index is 0.121. The molecule has 0 unspecified atom stereocenters. The van der Waals surface area contributed by atoms with Crippen LogP contribution in [0, 0.1) is 0 Å². The number of nitrogens with one attached hydrogen (secondary N) is 2. The second-order valence-corrected chi connectivity index (χ2v) is 12.1. The Kier molecular flexibility index (Phi) is 8.59. The minimum atomic E-state index is -0.121. The zero-order valence-corrected chi connectivity index (χ0v) is 27.6. The Morgan fingerprint density at radius 2 is 0.780 bits per heavy atom. The van der Waals surface area contributed by atoms with Crippen molar-refractivity contribution in [2.75, 3.05) is 10.6 Å². The Balaban J connectivity index is 0.000000157. The van der Waals surface area contributed by atoms with Gasteiger partial charge in [-0.1, -0.05) is 121 Å². The van der Waals surface area contributed by atoms with Gasteiger partial charge in [-0.3, -0.25) is 9.59 Å². The molecule has 0 spiro atoms. The lowest BCUT2D eigenvalue weighted by atomic mass is 9.92. The van der Waals surface area contributed by atoms with Gasteiger partial charge in [-0.05, 0) is 67.7 Å². The second kappa shape index (κ2) is 13.5. The third kappa shape index (κ3) is 6.06. The van der Waals surface area contributed by atoms with Crippen molar-refractivity contribution in [3.63, 3.8) is 0 Å². The van der Waals surface area contributed by atoms with Gasteiger partial charge >= 0.3 is 0 Å². The van der Waals surface area contributed by atoms with Crippen LogP contribution in [0.3, 0.4) is 0 Å². The van der Waals surface area contributed by atoms with E-state index in [0.29, 0.717) is 0 Å². The minimum Gasteiger partial charge on any atom is -0.507 e. The molecule has 2 amide bonds. The molecule has 0 aliphatic rings. The summed E-state index contributed by atoms with van der Waals surface area (Å²) in [7, 11) is 0. The Morgan fingerprint density at radius 3 is 1.18 bits per heavy atom. The normalized spacial score (nSPS) is 10.9. The lowest BCUT2D eigenvalue weighted by molar-refractivity contribution is -0.115. The average Bonchev–Trinajstić information content (AvgIpc) is 3.11. The van der Waals surface area contributed by atoms with Crippen LogP contribution < -0.4 is 10.6 Å². The van der Waals surface area contributed by atoms with Crippen molar-refractivity contribution in [1.29, 1.82) is 0 Å². The molecule has 8 aromatic rings. The molecule has 50 heavy (non-hydrogen) atoms. The van der Waals surface area contributed by atoms with Crippen LogP contribution in [-0.4, -0.2) is 22.0 Å². The molecule has 6 heteroatoms. The number of phenols is 2. The van der Waals surface area contributed by atoms with Gasteiger partial charge in [-0.25, -0.2) is 0 Å². The van der Waals surface area contributed by atoms with E-state index in [-0.39, 0.29) is 23.3 Å². The van der Waals surface area contributed by atoms with Gasteiger partial charge in [0.05, 0.1) is 0 Å². The number of phenolic OH excluding ortho intramolecular Hbond substituents is 2. The van der Waals surface area contributed by atoms with E-state index < -0.39 is 0 Å². The first-order valence-corrected chi connectivity index (χ1v) is 16.3. The van der Waals surface area contributed by atoms with E-state index in [9.17, 15) is 19.8 Å². The number of carbonyl (C=O) groups excluding carboxylic acids is 2. The molecule has 0 aromatic heterocycles. The SMILES string of the molecule is CC(=O)Nc1cccc2cccc(-c3c(O)ccc4ccccc34)c12.CC(=O)Nc1cccc2cccc(-c3c(O)ccc4ccccc34)c12. The Bertz CT molecular complexity index is 2400. The number of aromatic hydroxyl groups is 2. The molecule has 0 fully saturated rings. The predicted octanol–water partition coefficient (Wildman–Crippen LogP) is 10.6. The molecule has 0 radical (unpaired) electrons. The zero-order valence-electron chi connectivity index (χ0n) is 27.6. The van der Waals surface area contributed by atoms with Gasteiger partial charge < -0.3 is 20.8 Å². The van der Waals surface area contributed by atoms with Crippen LogP contribution in [0.2, 0.25) is 0 Å². The van der Waals surface area contributed by atoms with E-state index in [0.717, 1.165) is 76.7 Å². The maximum Gasteiger partial charge on any atom is 0.221 e. The third-order valence-electron chi connectivity index (χ3n) is 8.78. The number of hydrogen-bond donors (Lipinski definition) is 4. The van der Waals surface area contributed by atoms with Gasteiger partial charge in [0.25, 0.3) is 0 Å². The highest BCUT2D eigenvalue weighted by atomic mass is 16.3. The first kappa shape index (κ1) is 31.9. The van der Waals surface area contributed by atoms with E-state index in [2.05, 4.69) is 10.6 Å². The van der Waals surface area contributed by atoms with Crippen molar-refractivity contribution < 1.29 is 19.8 Å². The van der Waals surface area contributed by atoms with Crippen LogP contribution in [0.15, 0.2) is 146 Å². The number of amides is 2. The van der Waals surface area contributed by atoms with E-state index >= 15 is 0 Å². The Labute approximate surface area is 289 Å². The number of carbonyl (C=O) groups is 2. The molecule has 0 bridgehead atoms. The van der Waals surface area contributed by atoms with Crippen LogP contribution in [0.25, 0.3) is 65.3 Å². The van der Waals surface area contributed by atoms with Crippen molar-refractivity contribution in [1.82, 2.24) is 0 Å². The fraction of sp³-hybridized carbons (Fsp3) is 0.0455. The van der Waals surface area contributed by atoms with Crippen LogP contribution in [0.5, 0.6) is 11.5 Å². The predicted molar refractivity (Wildman–Crippen MR) is 206 cm³/mol. The summed E-state index contributed by atoms with van der Waals surface area (Å²) < 4.78 is 0. The van der Waals surface area contributed by atoms with Gasteiger partial charge in [0, 0.05) is 47.1 Å². The van der Waals surface area contributed by atoms with Gasteiger partial charge in [0.15, 0.2) is 0 Å². The van der Waals surface area contributed by atoms with Gasteiger partial charge in [-0.2, -0.15) is 0 Å². The lowest BCUT2D eigenvalue weighted by Crippen LogP contribution is -2.06. The fourth-order valence-electron chi connectivity index (χ4n) is 6.77. The average molecular weight is 655 g/mol. The van der Waals surface area contributed by atoms with Crippen molar-refractivity contribution >= 4 is 66.3 Å². The van der Waals surface area contributed by atoms with Crippen molar-refractivity contribution in [2.45, 2.75) is 13.8 Å². The molecular weight excluding hydrogens is 620 g/mol. The molecule has 0 aliphatic carbocycles. The van der Waals surface area contributed by atoms with Crippen LogP contribution in [0.4, 0.5) is 11.4 Å². The maximum atomic E-state index is 11.6.